The van der Waals surface area contributed by atoms with Crippen molar-refractivity contribution >= 4 is 41.2 Å². The van der Waals surface area contributed by atoms with Gasteiger partial charge in [0.05, 0.1) is 11.7 Å². The second-order valence-corrected chi connectivity index (χ2v) is 4.71. The Bertz CT molecular complexity index is 689. The van der Waals surface area contributed by atoms with E-state index in [-0.39, 0.29) is 5.56 Å². The molecule has 0 saturated carbocycles. The van der Waals surface area contributed by atoms with Crippen LogP contribution in [0.4, 0.5) is 0 Å². The number of rotatable bonds is 2. The van der Waals surface area contributed by atoms with Gasteiger partial charge < -0.3 is 0 Å². The lowest BCUT2D eigenvalue weighted by molar-refractivity contribution is 0.776. The van der Waals surface area contributed by atoms with Gasteiger partial charge in [-0.2, -0.15) is 0 Å². The van der Waals surface area contributed by atoms with Gasteiger partial charge in [-0.1, -0.05) is 23.6 Å². The van der Waals surface area contributed by atoms with Gasteiger partial charge in [-0.3, -0.25) is 4.79 Å². The third kappa shape index (κ3) is 1.91. The molecular formula is C8H7BClN5OS. The maximum atomic E-state index is 12.1. The number of thiazole rings is 1. The van der Waals surface area contributed by atoms with Crippen molar-refractivity contribution in [3.63, 3.8) is 0 Å². The first-order valence-corrected chi connectivity index (χ1v) is 6.02. The zero-order valence-electron chi connectivity index (χ0n) is 9.09. The van der Waals surface area contributed by atoms with E-state index >= 15 is 0 Å². The van der Waals surface area contributed by atoms with Crippen molar-refractivity contribution in [2.75, 3.05) is 0 Å². The molecule has 0 aliphatic rings. The zero-order valence-corrected chi connectivity index (χ0v) is 10.7. The van der Waals surface area contributed by atoms with Crippen LogP contribution in [0.25, 0.3) is 15.4 Å². The highest BCUT2D eigenvalue weighted by molar-refractivity contribution is 7.15. The molecule has 0 bridgehead atoms. The standard InChI is InChI=1S/C8H7BClN5OS/c1-3(13-14-11)6-5(9)7(16)15-4(10)2-17-8(15)12-6/h2-3H,9H2,1H3. The lowest BCUT2D eigenvalue weighted by atomic mass is 9.93. The molecule has 0 aliphatic heterocycles. The Balaban J connectivity index is 2.79. The van der Waals surface area contributed by atoms with E-state index in [1.165, 1.54) is 15.7 Å². The summed E-state index contributed by atoms with van der Waals surface area (Å²) in [5, 5.41) is 5.54. The molecule has 2 aromatic heterocycles. The quantitative estimate of drug-likeness (QED) is 0.352. The van der Waals surface area contributed by atoms with Crippen LogP contribution in [0.5, 0.6) is 0 Å². The van der Waals surface area contributed by atoms with E-state index in [1.54, 1.807) is 20.2 Å². The Hall–Kier alpha value is -1.50. The maximum absolute atomic E-state index is 12.1. The summed E-state index contributed by atoms with van der Waals surface area (Å²) in [5.74, 6) is 0. The van der Waals surface area contributed by atoms with Gasteiger partial charge >= 0.3 is 0 Å². The van der Waals surface area contributed by atoms with Crippen molar-refractivity contribution in [2.24, 2.45) is 5.11 Å². The van der Waals surface area contributed by atoms with E-state index in [0.29, 0.717) is 21.3 Å². The van der Waals surface area contributed by atoms with E-state index in [2.05, 4.69) is 15.0 Å². The number of hydrogen-bond donors (Lipinski definition) is 0. The monoisotopic (exact) mass is 267 g/mol. The molecule has 0 radical (unpaired) electrons. The summed E-state index contributed by atoms with van der Waals surface area (Å²) in [6, 6.07) is -0.474. The van der Waals surface area contributed by atoms with Gasteiger partial charge in [0.25, 0.3) is 5.56 Å². The molecule has 1 atom stereocenters. The minimum absolute atomic E-state index is 0.226. The fourth-order valence-electron chi connectivity index (χ4n) is 1.56. The van der Waals surface area contributed by atoms with E-state index in [0.717, 1.165) is 0 Å². The van der Waals surface area contributed by atoms with Gasteiger partial charge in [0.15, 0.2) is 4.96 Å². The first-order chi connectivity index (χ1) is 8.06. The molecule has 6 nitrogen and oxygen atoms in total. The highest BCUT2D eigenvalue weighted by Crippen LogP contribution is 2.19. The molecule has 86 valence electrons. The average Bonchev–Trinajstić information content (AvgIpc) is 2.65. The molecule has 2 rings (SSSR count). The number of azide groups is 1. The highest BCUT2D eigenvalue weighted by atomic mass is 35.5. The number of nitrogens with zero attached hydrogens (tertiary/aromatic N) is 5. The van der Waals surface area contributed by atoms with Crippen molar-refractivity contribution in [1.82, 2.24) is 9.38 Å². The van der Waals surface area contributed by atoms with Crippen LogP contribution >= 0.6 is 22.9 Å². The zero-order chi connectivity index (χ0) is 12.6. The normalized spacial score (nSPS) is 12.4. The van der Waals surface area contributed by atoms with E-state index in [1.807, 2.05) is 0 Å². The van der Waals surface area contributed by atoms with Crippen molar-refractivity contribution in [3.8, 4) is 0 Å². The Morgan fingerprint density at radius 1 is 1.76 bits per heavy atom. The molecular weight excluding hydrogens is 260 g/mol. The first kappa shape index (κ1) is 12.0. The Labute approximate surface area is 106 Å². The van der Waals surface area contributed by atoms with Crippen LogP contribution < -0.4 is 11.0 Å². The second kappa shape index (κ2) is 4.41. The molecule has 1 unspecified atom stereocenters. The predicted molar refractivity (Wildman–Crippen MR) is 70.1 cm³/mol. The van der Waals surface area contributed by atoms with Crippen molar-refractivity contribution in [2.45, 2.75) is 13.0 Å². The predicted octanol–water partition coefficient (Wildman–Crippen LogP) is 1.04. The first-order valence-electron chi connectivity index (χ1n) is 4.76. The molecule has 0 spiro atoms. The smallest absolute Gasteiger partial charge is 0.253 e. The van der Waals surface area contributed by atoms with E-state index < -0.39 is 6.04 Å². The SMILES string of the molecule is Bc1c(C(C)N=[N+]=[N-])nc2scc(Cl)n2c1=O. The molecule has 0 amide bonds. The molecule has 0 N–H and O–H groups in total. The van der Waals surface area contributed by atoms with Crippen LogP contribution in [0, 0.1) is 0 Å². The summed E-state index contributed by atoms with van der Waals surface area (Å²) in [7, 11) is 1.65. The molecule has 2 aromatic rings. The van der Waals surface area contributed by atoms with Crippen LogP contribution in [0.3, 0.4) is 0 Å². The van der Waals surface area contributed by atoms with Gasteiger partial charge in [0.1, 0.15) is 13.0 Å². The van der Waals surface area contributed by atoms with Crippen LogP contribution in [-0.4, -0.2) is 17.2 Å². The topological polar surface area (TPSA) is 83.1 Å². The summed E-state index contributed by atoms with van der Waals surface area (Å²) in [6.45, 7) is 1.69. The molecule has 17 heavy (non-hydrogen) atoms. The maximum Gasteiger partial charge on any atom is 0.253 e. The number of fused-ring (bicyclic) bond motifs is 1. The van der Waals surface area contributed by atoms with Gasteiger partial charge in [0, 0.05) is 10.3 Å². The third-order valence-electron chi connectivity index (χ3n) is 2.41. The van der Waals surface area contributed by atoms with Crippen LogP contribution in [0.1, 0.15) is 18.7 Å². The molecule has 0 aromatic carbocycles. The van der Waals surface area contributed by atoms with E-state index in [4.69, 9.17) is 17.1 Å². The molecule has 0 aliphatic carbocycles. The lowest BCUT2D eigenvalue weighted by Gasteiger charge is -2.08. The van der Waals surface area contributed by atoms with Gasteiger partial charge in [-0.25, -0.2) is 9.38 Å². The van der Waals surface area contributed by atoms with Crippen molar-refractivity contribution in [3.05, 3.63) is 37.0 Å². The minimum Gasteiger partial charge on any atom is -0.269 e. The van der Waals surface area contributed by atoms with Gasteiger partial charge in [-0.05, 0) is 11.0 Å². The van der Waals surface area contributed by atoms with Crippen LogP contribution in [-0.2, 0) is 0 Å². The summed E-state index contributed by atoms with van der Waals surface area (Å²) < 4.78 is 1.34. The Morgan fingerprint density at radius 2 is 2.47 bits per heavy atom. The third-order valence-corrected chi connectivity index (χ3v) is 3.64. The van der Waals surface area contributed by atoms with Gasteiger partial charge in [0.2, 0.25) is 0 Å². The summed E-state index contributed by atoms with van der Waals surface area (Å²) in [5.41, 5.74) is 9.12. The lowest BCUT2D eigenvalue weighted by Crippen LogP contribution is -2.35. The minimum atomic E-state index is -0.474. The molecule has 0 fully saturated rings. The highest BCUT2D eigenvalue weighted by Gasteiger charge is 2.15. The van der Waals surface area contributed by atoms with Crippen LogP contribution in [0.15, 0.2) is 15.3 Å². The average molecular weight is 268 g/mol. The summed E-state index contributed by atoms with van der Waals surface area (Å²) >= 11 is 7.17. The molecule has 9 heteroatoms. The molecule has 2 heterocycles. The van der Waals surface area contributed by atoms with Crippen LogP contribution in [0.2, 0.25) is 5.15 Å². The fourth-order valence-corrected chi connectivity index (χ4v) is 2.65. The van der Waals surface area contributed by atoms with Crippen molar-refractivity contribution < 1.29 is 0 Å². The Morgan fingerprint density at radius 3 is 3.12 bits per heavy atom. The second-order valence-electron chi connectivity index (χ2n) is 3.48. The molecule has 0 saturated heterocycles. The summed E-state index contributed by atoms with van der Waals surface area (Å²) in [6.07, 6.45) is 0. The number of aromatic nitrogens is 2. The number of halogens is 1. The fraction of sp³-hybridized carbons (Fsp3) is 0.250. The van der Waals surface area contributed by atoms with Gasteiger partial charge in [-0.15, -0.1) is 11.3 Å². The Kier molecular flexibility index (Phi) is 3.10. The largest absolute Gasteiger partial charge is 0.269 e. The summed E-state index contributed by atoms with van der Waals surface area (Å²) in [4.78, 5) is 19.6. The van der Waals surface area contributed by atoms with E-state index in [9.17, 15) is 4.79 Å². The number of hydrogen-bond acceptors (Lipinski definition) is 4. The van der Waals surface area contributed by atoms with Crippen molar-refractivity contribution in [1.29, 1.82) is 0 Å².